The van der Waals surface area contributed by atoms with E-state index < -0.39 is 26.6 Å². The maximum Gasteiger partial charge on any atom is 0.345 e. The van der Waals surface area contributed by atoms with Gasteiger partial charge in [-0.3, -0.25) is 13.9 Å². The average molecular weight is 388 g/mol. The smallest absolute Gasteiger partial charge is 0.345 e. The zero-order chi connectivity index (χ0) is 18.6. The van der Waals surface area contributed by atoms with Crippen LogP contribution in [0.15, 0.2) is 0 Å². The second kappa shape index (κ2) is 12.2. The van der Waals surface area contributed by atoms with Crippen LogP contribution in [0.25, 0.3) is 0 Å². The molecule has 0 amide bonds. The van der Waals surface area contributed by atoms with E-state index >= 15 is 0 Å². The van der Waals surface area contributed by atoms with Gasteiger partial charge in [0, 0.05) is 6.42 Å². The van der Waals surface area contributed by atoms with Crippen LogP contribution in [0.3, 0.4) is 0 Å². The highest BCUT2D eigenvalue weighted by Gasteiger charge is 2.50. The van der Waals surface area contributed by atoms with Gasteiger partial charge < -0.3 is 23.2 Å². The lowest BCUT2D eigenvalue weighted by Gasteiger charge is -2.31. The molecule has 0 aromatic carbocycles. The Morgan fingerprint density at radius 1 is 0.833 bits per heavy atom. The summed E-state index contributed by atoms with van der Waals surface area (Å²) in [4.78, 5) is 10.6. The van der Waals surface area contributed by atoms with Gasteiger partial charge in [-0.15, -0.1) is 0 Å². The summed E-state index contributed by atoms with van der Waals surface area (Å²) in [6.45, 7) is 7.17. The molecule has 0 radical (unpaired) electrons. The third-order valence-corrected chi connectivity index (χ3v) is 9.22. The zero-order valence-corrected chi connectivity index (χ0v) is 16.7. The van der Waals surface area contributed by atoms with Crippen LogP contribution in [0.5, 0.6) is 0 Å². The molecule has 0 bridgehead atoms. The Labute approximate surface area is 144 Å². The van der Waals surface area contributed by atoms with E-state index in [0.29, 0.717) is 12.8 Å². The van der Waals surface area contributed by atoms with Crippen molar-refractivity contribution in [3.05, 3.63) is 0 Å². The summed E-state index contributed by atoms with van der Waals surface area (Å²) >= 11 is 0. The standard InChI is InChI=1S/C14H30O8P2/c1-5-19-23(17,20-6-2)14(12-10-9-11-13(15)16)24(18,21-7-3)22-8-4/h14H,5-12H2,1-4H3,(H,15,16). The van der Waals surface area contributed by atoms with Gasteiger partial charge in [0.25, 0.3) is 0 Å². The highest BCUT2D eigenvalue weighted by Crippen LogP contribution is 2.71. The normalized spacial score (nSPS) is 12.7. The lowest BCUT2D eigenvalue weighted by atomic mass is 10.2. The summed E-state index contributed by atoms with van der Waals surface area (Å²) in [6, 6.07) is 0. The van der Waals surface area contributed by atoms with Crippen LogP contribution < -0.4 is 0 Å². The maximum absolute atomic E-state index is 13.1. The molecule has 24 heavy (non-hydrogen) atoms. The van der Waals surface area contributed by atoms with E-state index in [1.807, 2.05) is 0 Å². The molecule has 0 saturated carbocycles. The summed E-state index contributed by atoms with van der Waals surface area (Å²) < 4.78 is 47.6. The Hall–Kier alpha value is -0.230. The van der Waals surface area contributed by atoms with Crippen LogP contribution in [-0.4, -0.2) is 42.9 Å². The number of hydrogen-bond acceptors (Lipinski definition) is 7. The van der Waals surface area contributed by atoms with Crippen LogP contribution in [0.2, 0.25) is 0 Å². The fourth-order valence-electron chi connectivity index (χ4n) is 2.23. The van der Waals surface area contributed by atoms with Crippen molar-refractivity contribution in [3.63, 3.8) is 0 Å². The molecule has 0 atom stereocenters. The summed E-state index contributed by atoms with van der Waals surface area (Å²) in [5, 5.41) is 7.66. The Kier molecular flexibility index (Phi) is 12.1. The number of aliphatic carboxylic acids is 1. The van der Waals surface area contributed by atoms with Crippen molar-refractivity contribution in [2.45, 2.75) is 58.8 Å². The van der Waals surface area contributed by atoms with Gasteiger partial charge in [0.05, 0.1) is 26.4 Å². The molecule has 0 aliphatic rings. The fraction of sp³-hybridized carbons (Fsp3) is 0.929. The molecule has 0 rings (SSSR count). The van der Waals surface area contributed by atoms with Gasteiger partial charge in [0.15, 0.2) is 5.40 Å². The third-order valence-electron chi connectivity index (χ3n) is 3.07. The Bertz CT molecular complexity index is 404. The van der Waals surface area contributed by atoms with E-state index in [1.54, 1.807) is 27.7 Å². The van der Waals surface area contributed by atoms with E-state index in [9.17, 15) is 13.9 Å². The van der Waals surface area contributed by atoms with E-state index in [4.69, 9.17) is 23.2 Å². The first-order valence-electron chi connectivity index (χ1n) is 8.28. The number of carboxylic acid groups (broad SMARTS) is 1. The van der Waals surface area contributed by atoms with Crippen LogP contribution in [0, 0.1) is 0 Å². The van der Waals surface area contributed by atoms with Crippen molar-refractivity contribution in [3.8, 4) is 0 Å². The molecular weight excluding hydrogens is 358 g/mol. The van der Waals surface area contributed by atoms with Gasteiger partial charge in [-0.05, 0) is 40.5 Å². The molecule has 0 aliphatic carbocycles. The molecule has 0 aromatic heterocycles. The third kappa shape index (κ3) is 7.77. The lowest BCUT2D eigenvalue weighted by Crippen LogP contribution is -2.18. The molecule has 144 valence electrons. The summed E-state index contributed by atoms with van der Waals surface area (Å²) in [7, 11) is -7.47. The van der Waals surface area contributed by atoms with Crippen molar-refractivity contribution in [1.82, 2.24) is 0 Å². The van der Waals surface area contributed by atoms with Gasteiger partial charge in [-0.25, -0.2) is 0 Å². The number of carbonyl (C=O) groups is 1. The molecular formula is C14H30O8P2. The molecule has 0 aliphatic heterocycles. The topological polar surface area (TPSA) is 108 Å². The van der Waals surface area contributed by atoms with Gasteiger partial charge in [0.2, 0.25) is 0 Å². The molecule has 0 aromatic rings. The number of rotatable bonds is 15. The minimum Gasteiger partial charge on any atom is -0.481 e. The predicted molar refractivity (Wildman–Crippen MR) is 91.6 cm³/mol. The number of hydrogen-bond donors (Lipinski definition) is 1. The average Bonchev–Trinajstić information content (AvgIpc) is 2.47. The van der Waals surface area contributed by atoms with Crippen LogP contribution >= 0.6 is 15.2 Å². The Balaban J connectivity index is 5.48. The van der Waals surface area contributed by atoms with Crippen molar-refractivity contribution in [1.29, 1.82) is 0 Å². The van der Waals surface area contributed by atoms with Crippen LogP contribution in [0.4, 0.5) is 0 Å². The predicted octanol–water partition coefficient (Wildman–Crippen LogP) is 4.49. The first-order chi connectivity index (χ1) is 11.3. The zero-order valence-electron chi connectivity index (χ0n) is 14.9. The van der Waals surface area contributed by atoms with Gasteiger partial charge in [-0.1, -0.05) is 6.42 Å². The highest BCUT2D eigenvalue weighted by atomic mass is 31.2. The van der Waals surface area contributed by atoms with E-state index in [-0.39, 0.29) is 39.3 Å². The molecule has 8 nitrogen and oxygen atoms in total. The lowest BCUT2D eigenvalue weighted by molar-refractivity contribution is -0.137. The second-order valence-electron chi connectivity index (χ2n) is 4.87. The van der Waals surface area contributed by atoms with Crippen LogP contribution in [-0.2, 0) is 32.0 Å². The largest absolute Gasteiger partial charge is 0.481 e. The minimum atomic E-state index is -3.73. The summed E-state index contributed by atoms with van der Waals surface area (Å²) in [6.07, 6.45) is 0.906. The van der Waals surface area contributed by atoms with E-state index in [1.165, 1.54) is 0 Å². The van der Waals surface area contributed by atoms with Gasteiger partial charge in [0.1, 0.15) is 0 Å². The van der Waals surface area contributed by atoms with Gasteiger partial charge in [-0.2, -0.15) is 0 Å². The molecule has 0 unspecified atom stereocenters. The molecule has 0 spiro atoms. The summed E-state index contributed by atoms with van der Waals surface area (Å²) in [5.74, 6) is -0.915. The molecule has 0 heterocycles. The molecule has 10 heteroatoms. The van der Waals surface area contributed by atoms with Crippen molar-refractivity contribution in [2.24, 2.45) is 0 Å². The fourth-order valence-corrected chi connectivity index (χ4v) is 7.69. The second-order valence-corrected chi connectivity index (χ2v) is 9.72. The van der Waals surface area contributed by atoms with E-state index in [0.717, 1.165) is 0 Å². The van der Waals surface area contributed by atoms with Gasteiger partial charge >= 0.3 is 21.2 Å². The van der Waals surface area contributed by atoms with Crippen molar-refractivity contribution in [2.75, 3.05) is 26.4 Å². The van der Waals surface area contributed by atoms with Crippen molar-refractivity contribution >= 4 is 21.2 Å². The Morgan fingerprint density at radius 2 is 1.21 bits per heavy atom. The number of unbranched alkanes of at least 4 members (excludes halogenated alkanes) is 1. The SMILES string of the molecule is CCOP(=O)(OCC)C(CCCCC(=O)O)P(=O)(OCC)OCC. The minimum absolute atomic E-state index is 0.0200. The quantitative estimate of drug-likeness (QED) is 0.323. The Morgan fingerprint density at radius 3 is 1.50 bits per heavy atom. The maximum atomic E-state index is 13.1. The summed E-state index contributed by atoms with van der Waals surface area (Å²) in [5.41, 5.74) is 0. The highest BCUT2D eigenvalue weighted by molar-refractivity contribution is 7.72. The monoisotopic (exact) mass is 388 g/mol. The first-order valence-corrected chi connectivity index (χ1v) is 11.5. The van der Waals surface area contributed by atoms with Crippen LogP contribution in [0.1, 0.15) is 53.4 Å². The number of carboxylic acids is 1. The molecule has 0 saturated heterocycles. The molecule has 1 N–H and O–H groups in total. The van der Waals surface area contributed by atoms with Crippen molar-refractivity contribution < 1.29 is 37.1 Å². The first kappa shape index (κ1) is 23.8. The van der Waals surface area contributed by atoms with E-state index in [2.05, 4.69) is 0 Å². The molecule has 0 fully saturated rings.